The molecule has 1 rings (SSSR count). The minimum atomic E-state index is -0.613. The van der Waals surface area contributed by atoms with Gasteiger partial charge in [-0.15, -0.1) is 0 Å². The van der Waals surface area contributed by atoms with E-state index in [4.69, 9.17) is 18.9 Å². The Balaban J connectivity index is 2.61. The summed E-state index contributed by atoms with van der Waals surface area (Å²) in [5.41, 5.74) is -0.624. The van der Waals surface area contributed by atoms with Crippen LogP contribution in [-0.4, -0.2) is 73.6 Å². The van der Waals surface area contributed by atoms with E-state index in [1.165, 1.54) is 154 Å². The molecule has 0 aliphatic carbocycles. The third-order valence-electron chi connectivity index (χ3n) is 12.3. The highest BCUT2D eigenvalue weighted by molar-refractivity contribution is 5.94. The van der Waals surface area contributed by atoms with Crippen LogP contribution in [0.5, 0.6) is 11.5 Å². The first-order chi connectivity index (χ1) is 34.3. The average Bonchev–Trinajstić information content (AvgIpc) is 3.31. The molecule has 0 saturated heterocycles. The van der Waals surface area contributed by atoms with Gasteiger partial charge in [0.05, 0.1) is 13.2 Å². The number of ether oxygens (including phenoxy) is 4. The molecule has 0 atom stereocenters. The van der Waals surface area contributed by atoms with Crippen molar-refractivity contribution in [1.29, 1.82) is 0 Å². The molecule has 1 aromatic carbocycles. The molecule has 0 fully saturated rings. The van der Waals surface area contributed by atoms with E-state index in [0.29, 0.717) is 82.1 Å². The molecule has 0 heterocycles. The summed E-state index contributed by atoms with van der Waals surface area (Å²) in [6.07, 6.45) is 46.9. The largest absolute Gasteiger partial charge is 0.490 e. The number of nitrogens with one attached hydrogen (secondary N) is 2. The van der Waals surface area contributed by atoms with Crippen molar-refractivity contribution in [2.75, 3.05) is 39.4 Å². The van der Waals surface area contributed by atoms with Crippen LogP contribution in [-0.2, 0) is 9.47 Å². The quantitative estimate of drug-likeness (QED) is 0.0494. The Labute approximate surface area is 436 Å². The van der Waals surface area contributed by atoms with Crippen LogP contribution < -0.4 is 20.1 Å². The molecular weight excluding hydrogens is 887 g/mol. The number of carbonyl (C=O) groups excluding carboxylic acids is 3. The van der Waals surface area contributed by atoms with Crippen LogP contribution in [0.4, 0.5) is 9.59 Å². The van der Waals surface area contributed by atoms with E-state index in [9.17, 15) is 14.4 Å². The third kappa shape index (κ3) is 41.5. The lowest BCUT2D eigenvalue weighted by Crippen LogP contribution is -2.38. The lowest BCUT2D eigenvalue weighted by atomic mass is 10.1. The summed E-state index contributed by atoms with van der Waals surface area (Å²) in [6.45, 7) is 18.8. The van der Waals surface area contributed by atoms with Gasteiger partial charge in [-0.05, 0) is 150 Å². The standard InChI is InChI=1S/C61H109N3O7/c1-9-11-13-15-17-19-21-23-25-27-29-31-33-35-37-43-51-68-55-46-45-54(53-56(55)69-52-44-38-36-34-32-30-28-26-24-22-20-18-16-14-12-10-2)57(65)62-47-39-41-49-64(59(67)71-61(6,7)8)50-42-40-48-63-58(66)70-60(3,4)5/h23-26,45-46,53H,9-22,27-44,47-52H2,1-8H3,(H,62,65)(H,63,66)/b25-23-,26-24-. The van der Waals surface area contributed by atoms with Crippen LogP contribution >= 0.6 is 0 Å². The zero-order chi connectivity index (χ0) is 52.1. The fourth-order valence-corrected chi connectivity index (χ4v) is 8.23. The van der Waals surface area contributed by atoms with Gasteiger partial charge in [-0.2, -0.15) is 0 Å². The van der Waals surface area contributed by atoms with E-state index in [-0.39, 0.29) is 12.0 Å². The summed E-state index contributed by atoms with van der Waals surface area (Å²) in [5, 5.41) is 5.85. The molecule has 10 nitrogen and oxygen atoms in total. The second kappa shape index (κ2) is 43.9. The molecule has 1 aromatic rings. The van der Waals surface area contributed by atoms with Crippen molar-refractivity contribution >= 4 is 18.1 Å². The summed E-state index contributed by atoms with van der Waals surface area (Å²) in [5.74, 6) is 1.17. The maximum atomic E-state index is 13.4. The number of alkyl carbamates (subject to hydrolysis) is 1. The molecule has 10 heteroatoms. The van der Waals surface area contributed by atoms with Crippen LogP contribution in [0.25, 0.3) is 0 Å². The van der Waals surface area contributed by atoms with Gasteiger partial charge in [0.25, 0.3) is 5.91 Å². The monoisotopic (exact) mass is 996 g/mol. The fourth-order valence-electron chi connectivity index (χ4n) is 8.23. The van der Waals surface area contributed by atoms with E-state index in [2.05, 4.69) is 48.8 Å². The fraction of sp³-hybridized carbons (Fsp3) is 0.787. The molecular formula is C61H109N3O7. The van der Waals surface area contributed by atoms with E-state index in [1.54, 1.807) is 4.90 Å². The third-order valence-corrected chi connectivity index (χ3v) is 12.3. The highest BCUT2D eigenvalue weighted by atomic mass is 16.6. The predicted octanol–water partition coefficient (Wildman–Crippen LogP) is 17.6. The molecule has 0 aliphatic heterocycles. The van der Waals surface area contributed by atoms with Gasteiger partial charge in [-0.25, -0.2) is 9.59 Å². The highest BCUT2D eigenvalue weighted by Crippen LogP contribution is 2.29. The van der Waals surface area contributed by atoms with Crippen molar-refractivity contribution in [3.05, 3.63) is 48.1 Å². The molecule has 0 aromatic heterocycles. The SMILES string of the molecule is CCCCCCCC/C=C\CCCCCCCCOc1ccc(C(=O)NCCCCN(CCCCNC(=O)OC(C)(C)C)C(=O)OC(C)(C)C)cc1OCCCCCCCC/C=C\CCCCCCCC. The van der Waals surface area contributed by atoms with Crippen LogP contribution in [0.2, 0.25) is 0 Å². The summed E-state index contributed by atoms with van der Waals surface area (Å²) < 4.78 is 23.6. The zero-order valence-electron chi connectivity index (χ0n) is 47.2. The second-order valence-electron chi connectivity index (χ2n) is 21.8. The van der Waals surface area contributed by atoms with Crippen molar-refractivity contribution in [3.63, 3.8) is 0 Å². The van der Waals surface area contributed by atoms with E-state index in [0.717, 1.165) is 25.7 Å². The van der Waals surface area contributed by atoms with E-state index >= 15 is 0 Å². The Hall–Kier alpha value is -3.69. The van der Waals surface area contributed by atoms with Gasteiger partial charge in [0.2, 0.25) is 0 Å². The number of hydrogen-bond donors (Lipinski definition) is 2. The Morgan fingerprint density at radius 3 is 1.30 bits per heavy atom. The van der Waals surface area contributed by atoms with Gasteiger partial charge >= 0.3 is 12.2 Å². The molecule has 410 valence electrons. The Morgan fingerprint density at radius 1 is 0.465 bits per heavy atom. The summed E-state index contributed by atoms with van der Waals surface area (Å²) in [6, 6.07) is 5.54. The number of carbonyl (C=O) groups is 3. The number of allylic oxidation sites excluding steroid dienone is 4. The number of unbranched alkanes of at least 4 members (excludes halogenated alkanes) is 26. The van der Waals surface area contributed by atoms with Crippen molar-refractivity contribution < 1.29 is 33.3 Å². The first kappa shape index (κ1) is 65.3. The lowest BCUT2D eigenvalue weighted by molar-refractivity contribution is 0.0241. The van der Waals surface area contributed by atoms with Gasteiger partial charge < -0.3 is 34.5 Å². The van der Waals surface area contributed by atoms with Gasteiger partial charge in [0.1, 0.15) is 11.2 Å². The molecule has 0 unspecified atom stereocenters. The Bertz CT molecular complexity index is 1510. The molecule has 71 heavy (non-hydrogen) atoms. The van der Waals surface area contributed by atoms with Gasteiger partial charge in [0, 0.05) is 31.7 Å². The summed E-state index contributed by atoms with van der Waals surface area (Å²) in [7, 11) is 0. The molecule has 0 saturated carbocycles. The molecule has 2 N–H and O–H groups in total. The van der Waals surface area contributed by atoms with Crippen molar-refractivity contribution in [2.45, 2.75) is 272 Å². The minimum absolute atomic E-state index is 0.159. The van der Waals surface area contributed by atoms with Gasteiger partial charge in [0.15, 0.2) is 11.5 Å². The maximum absolute atomic E-state index is 13.4. The van der Waals surface area contributed by atoms with E-state index in [1.807, 2.05) is 59.7 Å². The summed E-state index contributed by atoms with van der Waals surface area (Å²) in [4.78, 5) is 40.2. The smallest absolute Gasteiger partial charge is 0.410 e. The maximum Gasteiger partial charge on any atom is 0.410 e. The van der Waals surface area contributed by atoms with E-state index < -0.39 is 17.3 Å². The Kier molecular flexibility index (Phi) is 40.3. The van der Waals surface area contributed by atoms with Crippen molar-refractivity contribution in [3.8, 4) is 11.5 Å². The Morgan fingerprint density at radius 2 is 0.859 bits per heavy atom. The van der Waals surface area contributed by atoms with Gasteiger partial charge in [-0.3, -0.25) is 4.79 Å². The van der Waals surface area contributed by atoms with Crippen molar-refractivity contribution in [1.82, 2.24) is 15.5 Å². The topological polar surface area (TPSA) is 115 Å². The van der Waals surface area contributed by atoms with Crippen LogP contribution in [0, 0.1) is 0 Å². The van der Waals surface area contributed by atoms with Crippen molar-refractivity contribution in [2.24, 2.45) is 0 Å². The number of rotatable bonds is 45. The molecule has 0 spiro atoms. The zero-order valence-corrected chi connectivity index (χ0v) is 47.2. The summed E-state index contributed by atoms with van der Waals surface area (Å²) >= 11 is 0. The van der Waals surface area contributed by atoms with Crippen LogP contribution in [0.1, 0.15) is 271 Å². The number of amides is 3. The number of hydrogen-bond acceptors (Lipinski definition) is 7. The molecule has 0 radical (unpaired) electrons. The first-order valence-corrected chi connectivity index (χ1v) is 29.2. The minimum Gasteiger partial charge on any atom is -0.490 e. The molecule has 0 aliphatic rings. The number of benzene rings is 1. The second-order valence-corrected chi connectivity index (χ2v) is 21.8. The average molecular weight is 997 g/mol. The van der Waals surface area contributed by atoms with Crippen LogP contribution in [0.15, 0.2) is 42.5 Å². The predicted molar refractivity (Wildman–Crippen MR) is 299 cm³/mol. The van der Waals surface area contributed by atoms with Crippen LogP contribution in [0.3, 0.4) is 0 Å². The lowest BCUT2D eigenvalue weighted by Gasteiger charge is -2.27. The molecule has 0 bridgehead atoms. The highest BCUT2D eigenvalue weighted by Gasteiger charge is 2.22. The first-order valence-electron chi connectivity index (χ1n) is 29.2. The molecule has 3 amide bonds. The van der Waals surface area contributed by atoms with Gasteiger partial charge in [-0.1, -0.05) is 154 Å². The number of nitrogens with zero attached hydrogens (tertiary/aromatic N) is 1. The normalized spacial score (nSPS) is 11.9.